The Balaban J connectivity index is 1.59. The Labute approximate surface area is 209 Å². The summed E-state index contributed by atoms with van der Waals surface area (Å²) in [6.45, 7) is 2.20. The zero-order valence-corrected chi connectivity index (χ0v) is 19.9. The molecule has 176 valence electrons. The van der Waals surface area contributed by atoms with Crippen LogP contribution in [0.4, 0.5) is 15.8 Å². The van der Waals surface area contributed by atoms with E-state index in [0.717, 1.165) is 22.4 Å². The summed E-state index contributed by atoms with van der Waals surface area (Å²) in [5.74, 6) is -0.722. The van der Waals surface area contributed by atoms with Crippen LogP contribution in [0, 0.1) is 12.7 Å². The predicted octanol–water partition coefficient (Wildman–Crippen LogP) is 6.82. The van der Waals surface area contributed by atoms with Gasteiger partial charge in [-0.1, -0.05) is 48.0 Å². The molecule has 4 aromatic carbocycles. The van der Waals surface area contributed by atoms with Crippen LogP contribution in [-0.2, 0) is 17.8 Å². The van der Waals surface area contributed by atoms with Crippen molar-refractivity contribution >= 4 is 34.8 Å². The van der Waals surface area contributed by atoms with Crippen molar-refractivity contribution in [3.8, 4) is 0 Å². The number of anilines is 2. The number of amides is 2. The van der Waals surface area contributed by atoms with E-state index in [1.54, 1.807) is 41.3 Å². The van der Waals surface area contributed by atoms with Gasteiger partial charge in [-0.05, 0) is 84.3 Å². The molecule has 0 aliphatic carbocycles. The first kappa shape index (κ1) is 24.2. The summed E-state index contributed by atoms with van der Waals surface area (Å²) >= 11 is 6.00. The fraction of sp³-hybridized carbons (Fsp3) is 0.103. The zero-order chi connectivity index (χ0) is 24.8. The molecule has 0 atom stereocenters. The Morgan fingerprint density at radius 3 is 2.29 bits per heavy atom. The van der Waals surface area contributed by atoms with Gasteiger partial charge < -0.3 is 10.2 Å². The summed E-state index contributed by atoms with van der Waals surface area (Å²) in [5, 5.41) is 3.45. The second-order valence-corrected chi connectivity index (χ2v) is 8.73. The summed E-state index contributed by atoms with van der Waals surface area (Å²) in [6, 6.07) is 27.6. The maximum absolute atomic E-state index is 13.5. The Hall–Kier alpha value is -3.96. The Morgan fingerprint density at radius 2 is 1.57 bits per heavy atom. The molecule has 0 heterocycles. The van der Waals surface area contributed by atoms with E-state index in [-0.39, 0.29) is 30.6 Å². The van der Waals surface area contributed by atoms with Gasteiger partial charge in [0.1, 0.15) is 5.82 Å². The number of carbonyl (C=O) groups excluding carboxylic acids is 2. The van der Waals surface area contributed by atoms with Crippen molar-refractivity contribution < 1.29 is 14.0 Å². The molecule has 0 saturated carbocycles. The van der Waals surface area contributed by atoms with Crippen LogP contribution in [0.15, 0.2) is 97.1 Å². The summed E-state index contributed by atoms with van der Waals surface area (Å²) in [7, 11) is 0. The molecule has 0 aromatic heterocycles. The summed E-state index contributed by atoms with van der Waals surface area (Å²) in [4.78, 5) is 27.7. The third-order valence-corrected chi connectivity index (χ3v) is 5.73. The quantitative estimate of drug-likeness (QED) is 0.312. The number of benzene rings is 4. The topological polar surface area (TPSA) is 49.4 Å². The highest BCUT2D eigenvalue weighted by atomic mass is 35.5. The van der Waals surface area contributed by atoms with Gasteiger partial charge in [-0.2, -0.15) is 0 Å². The van der Waals surface area contributed by atoms with Crippen LogP contribution >= 0.6 is 11.6 Å². The molecule has 0 fully saturated rings. The summed E-state index contributed by atoms with van der Waals surface area (Å²) in [6.07, 6.45) is 0.154. The minimum Gasteiger partial charge on any atom is -0.326 e. The Kier molecular flexibility index (Phi) is 7.58. The van der Waals surface area contributed by atoms with Gasteiger partial charge in [-0.25, -0.2) is 4.39 Å². The molecule has 4 nitrogen and oxygen atoms in total. The lowest BCUT2D eigenvalue weighted by molar-refractivity contribution is -0.115. The SMILES string of the molecule is Cc1cccc(NC(=O)Cc2cccc(N(Cc3ccc(F)cc3)C(=O)c3ccc(Cl)cc3)c2)c1. The Morgan fingerprint density at radius 1 is 0.857 bits per heavy atom. The summed E-state index contributed by atoms with van der Waals surface area (Å²) in [5.41, 5.74) is 4.44. The number of hydrogen-bond donors (Lipinski definition) is 1. The van der Waals surface area contributed by atoms with Crippen LogP contribution in [0.1, 0.15) is 27.0 Å². The van der Waals surface area contributed by atoms with Crippen molar-refractivity contribution in [1.29, 1.82) is 0 Å². The lowest BCUT2D eigenvalue weighted by atomic mass is 10.1. The summed E-state index contributed by atoms with van der Waals surface area (Å²) < 4.78 is 13.4. The number of nitrogens with zero attached hydrogens (tertiary/aromatic N) is 1. The molecule has 4 rings (SSSR count). The Bertz CT molecular complexity index is 1340. The van der Waals surface area contributed by atoms with Crippen LogP contribution in [0.3, 0.4) is 0 Å². The first-order valence-electron chi connectivity index (χ1n) is 11.1. The van der Waals surface area contributed by atoms with Crippen molar-refractivity contribution in [2.24, 2.45) is 0 Å². The number of halogens is 2. The van der Waals surface area contributed by atoms with Crippen molar-refractivity contribution in [2.45, 2.75) is 19.9 Å². The van der Waals surface area contributed by atoms with Gasteiger partial charge in [0.05, 0.1) is 13.0 Å². The second kappa shape index (κ2) is 11.0. The fourth-order valence-electron chi connectivity index (χ4n) is 3.75. The standard InChI is InChI=1S/C29H24ClFN2O2/c1-20-4-2-6-26(16-20)32-28(34)18-22-5-3-7-27(17-22)33(19-21-8-14-25(31)15-9-21)29(35)23-10-12-24(30)13-11-23/h2-17H,18-19H2,1H3,(H,32,34). The fourth-order valence-corrected chi connectivity index (χ4v) is 3.87. The van der Waals surface area contributed by atoms with E-state index in [9.17, 15) is 14.0 Å². The van der Waals surface area contributed by atoms with Crippen molar-refractivity contribution in [3.63, 3.8) is 0 Å². The third kappa shape index (κ3) is 6.55. The van der Waals surface area contributed by atoms with Crippen molar-refractivity contribution in [2.75, 3.05) is 10.2 Å². The van der Waals surface area contributed by atoms with Crippen molar-refractivity contribution in [3.05, 3.63) is 130 Å². The van der Waals surface area contributed by atoms with E-state index in [0.29, 0.717) is 16.3 Å². The number of nitrogens with one attached hydrogen (secondary N) is 1. The van der Waals surface area contributed by atoms with Crippen LogP contribution in [-0.4, -0.2) is 11.8 Å². The molecule has 0 aliphatic heterocycles. The van der Waals surface area contributed by atoms with Gasteiger partial charge in [0.15, 0.2) is 0 Å². The highest BCUT2D eigenvalue weighted by Gasteiger charge is 2.19. The molecule has 4 aromatic rings. The van der Waals surface area contributed by atoms with Gasteiger partial charge >= 0.3 is 0 Å². The molecule has 6 heteroatoms. The minimum atomic E-state index is -0.342. The first-order valence-corrected chi connectivity index (χ1v) is 11.5. The lowest BCUT2D eigenvalue weighted by Gasteiger charge is -2.24. The molecule has 35 heavy (non-hydrogen) atoms. The molecule has 0 spiro atoms. The second-order valence-electron chi connectivity index (χ2n) is 8.29. The average Bonchev–Trinajstić information content (AvgIpc) is 2.84. The molecule has 2 amide bonds. The lowest BCUT2D eigenvalue weighted by Crippen LogP contribution is -2.30. The van der Waals surface area contributed by atoms with E-state index in [1.807, 2.05) is 55.5 Å². The van der Waals surface area contributed by atoms with Gasteiger partial charge in [-0.3, -0.25) is 9.59 Å². The molecular weight excluding hydrogens is 463 g/mol. The van der Waals surface area contributed by atoms with E-state index < -0.39 is 0 Å². The maximum Gasteiger partial charge on any atom is 0.258 e. The van der Waals surface area contributed by atoms with E-state index >= 15 is 0 Å². The molecule has 0 aliphatic rings. The normalized spacial score (nSPS) is 10.6. The van der Waals surface area contributed by atoms with Crippen LogP contribution < -0.4 is 10.2 Å². The van der Waals surface area contributed by atoms with E-state index in [2.05, 4.69) is 5.32 Å². The van der Waals surface area contributed by atoms with Crippen LogP contribution in [0.5, 0.6) is 0 Å². The van der Waals surface area contributed by atoms with Gasteiger partial charge in [0.25, 0.3) is 5.91 Å². The van der Waals surface area contributed by atoms with Crippen LogP contribution in [0.2, 0.25) is 5.02 Å². The predicted molar refractivity (Wildman–Crippen MR) is 138 cm³/mol. The molecular formula is C29H24ClFN2O2. The third-order valence-electron chi connectivity index (χ3n) is 5.48. The molecule has 1 N–H and O–H groups in total. The average molecular weight is 487 g/mol. The first-order chi connectivity index (χ1) is 16.9. The van der Waals surface area contributed by atoms with Gasteiger partial charge in [0.2, 0.25) is 5.91 Å². The number of hydrogen-bond acceptors (Lipinski definition) is 2. The number of aryl methyl sites for hydroxylation is 1. The van der Waals surface area contributed by atoms with Gasteiger partial charge in [0, 0.05) is 22.0 Å². The zero-order valence-electron chi connectivity index (χ0n) is 19.2. The van der Waals surface area contributed by atoms with Crippen LogP contribution in [0.25, 0.3) is 0 Å². The van der Waals surface area contributed by atoms with Gasteiger partial charge in [-0.15, -0.1) is 0 Å². The highest BCUT2D eigenvalue weighted by molar-refractivity contribution is 6.30. The maximum atomic E-state index is 13.5. The molecule has 0 radical (unpaired) electrons. The highest BCUT2D eigenvalue weighted by Crippen LogP contribution is 2.23. The molecule has 0 bridgehead atoms. The van der Waals surface area contributed by atoms with Crippen molar-refractivity contribution in [1.82, 2.24) is 0 Å². The number of carbonyl (C=O) groups is 2. The minimum absolute atomic E-state index is 0.151. The largest absolute Gasteiger partial charge is 0.326 e. The van der Waals surface area contributed by atoms with E-state index in [1.165, 1.54) is 12.1 Å². The monoisotopic (exact) mass is 486 g/mol. The number of rotatable bonds is 7. The molecule has 0 saturated heterocycles. The smallest absolute Gasteiger partial charge is 0.258 e. The van der Waals surface area contributed by atoms with E-state index in [4.69, 9.17) is 11.6 Å². The molecule has 0 unspecified atom stereocenters.